The van der Waals surface area contributed by atoms with E-state index in [1.165, 1.54) is 50.1 Å². The maximum Gasteiger partial charge on any atom is 0.0310 e. The van der Waals surface area contributed by atoms with Gasteiger partial charge in [0.15, 0.2) is 0 Å². The minimum atomic E-state index is 1.15. The van der Waals surface area contributed by atoms with Crippen LogP contribution in [0.25, 0.3) is 0 Å². The molecule has 0 amide bonds. The van der Waals surface area contributed by atoms with Crippen molar-refractivity contribution in [2.45, 2.75) is 55.4 Å². The fourth-order valence-electron chi connectivity index (χ4n) is 2.95. The summed E-state index contributed by atoms with van der Waals surface area (Å²) in [6, 6.07) is 4.46. The van der Waals surface area contributed by atoms with Crippen molar-refractivity contribution in [2.75, 3.05) is 0 Å². The van der Waals surface area contributed by atoms with Crippen molar-refractivity contribution in [2.24, 2.45) is 0 Å². The molecular weight excluding hydrogens is 264 g/mol. The van der Waals surface area contributed by atoms with Gasteiger partial charge in [0.2, 0.25) is 0 Å². The van der Waals surface area contributed by atoms with Gasteiger partial charge in [-0.15, -0.1) is 0 Å². The summed E-state index contributed by atoms with van der Waals surface area (Å²) in [7, 11) is 0. The Balaban J connectivity index is 2.60. The molecule has 0 aliphatic rings. The highest BCUT2D eigenvalue weighted by Gasteiger charge is 2.07. The van der Waals surface area contributed by atoms with Crippen LogP contribution in [0.3, 0.4) is 0 Å². The van der Waals surface area contributed by atoms with Crippen LogP contribution < -0.4 is 0 Å². The molecule has 0 heteroatoms. The average molecular weight is 290 g/mol. The summed E-state index contributed by atoms with van der Waals surface area (Å²) in [5, 5.41) is 0. The second kappa shape index (κ2) is 6.01. The molecule has 0 saturated carbocycles. The molecule has 114 valence electrons. The predicted molar refractivity (Wildman–Crippen MR) is 96.8 cm³/mol. The number of rotatable bonds is 0. The van der Waals surface area contributed by atoms with E-state index in [0.717, 1.165) is 5.56 Å². The van der Waals surface area contributed by atoms with Crippen molar-refractivity contribution in [1.82, 2.24) is 0 Å². The third-order valence-corrected chi connectivity index (χ3v) is 5.16. The molecule has 0 bridgehead atoms. The van der Waals surface area contributed by atoms with Gasteiger partial charge in [-0.05, 0) is 106 Å². The van der Waals surface area contributed by atoms with E-state index in [0.29, 0.717) is 0 Å². The smallest absolute Gasteiger partial charge is 0.0310 e. The molecule has 2 aromatic rings. The van der Waals surface area contributed by atoms with Gasteiger partial charge in [-0.1, -0.05) is 17.9 Å². The first-order valence-electron chi connectivity index (χ1n) is 7.90. The molecule has 2 aromatic carbocycles. The van der Waals surface area contributed by atoms with E-state index in [1.54, 1.807) is 0 Å². The van der Waals surface area contributed by atoms with E-state index in [9.17, 15) is 0 Å². The van der Waals surface area contributed by atoms with Crippen molar-refractivity contribution in [1.29, 1.82) is 0 Å². The maximum atomic E-state index is 3.43. The Labute approximate surface area is 135 Å². The minimum absolute atomic E-state index is 1.15. The Morgan fingerprint density at radius 3 is 1.68 bits per heavy atom. The Kier molecular flexibility index (Phi) is 4.47. The summed E-state index contributed by atoms with van der Waals surface area (Å²) in [6.45, 7) is 17.4. The Bertz CT molecular complexity index is 809. The van der Waals surface area contributed by atoms with Crippen molar-refractivity contribution in [3.05, 3.63) is 67.8 Å². The van der Waals surface area contributed by atoms with E-state index in [4.69, 9.17) is 0 Å². The fraction of sp³-hybridized carbons (Fsp3) is 0.364. The minimum Gasteiger partial charge on any atom is -0.0613 e. The van der Waals surface area contributed by atoms with E-state index < -0.39 is 0 Å². The third-order valence-electron chi connectivity index (χ3n) is 5.16. The van der Waals surface area contributed by atoms with Crippen molar-refractivity contribution < 1.29 is 0 Å². The SMILES string of the molecule is Cc1cc(C#Cc2c(C)cc(C)c(C)c2C)c(C)c(C)c1C. The van der Waals surface area contributed by atoms with Gasteiger partial charge in [0, 0.05) is 11.1 Å². The lowest BCUT2D eigenvalue weighted by Crippen LogP contribution is -1.97. The van der Waals surface area contributed by atoms with Crippen LogP contribution >= 0.6 is 0 Å². The molecular formula is C22H26. The Hall–Kier alpha value is -2.00. The summed E-state index contributed by atoms with van der Waals surface area (Å²) in [5.74, 6) is 6.85. The summed E-state index contributed by atoms with van der Waals surface area (Å²) in [4.78, 5) is 0. The molecule has 0 nitrogen and oxygen atoms in total. The van der Waals surface area contributed by atoms with Gasteiger partial charge in [-0.2, -0.15) is 0 Å². The average Bonchev–Trinajstić information content (AvgIpc) is 2.47. The molecule has 0 unspecified atom stereocenters. The predicted octanol–water partition coefficient (Wildman–Crippen LogP) is 5.55. The molecule has 0 radical (unpaired) electrons. The van der Waals surface area contributed by atoms with Gasteiger partial charge in [0.25, 0.3) is 0 Å². The van der Waals surface area contributed by atoms with Gasteiger partial charge in [0.1, 0.15) is 0 Å². The molecule has 22 heavy (non-hydrogen) atoms. The third kappa shape index (κ3) is 2.81. The van der Waals surface area contributed by atoms with Crippen molar-refractivity contribution in [3.63, 3.8) is 0 Å². The van der Waals surface area contributed by atoms with Crippen LogP contribution in [0.2, 0.25) is 0 Å². The fourth-order valence-corrected chi connectivity index (χ4v) is 2.95. The van der Waals surface area contributed by atoms with Gasteiger partial charge in [0.05, 0.1) is 0 Å². The van der Waals surface area contributed by atoms with Crippen LogP contribution in [0.15, 0.2) is 12.1 Å². The Morgan fingerprint density at radius 2 is 1.05 bits per heavy atom. The molecule has 0 heterocycles. The van der Waals surface area contributed by atoms with E-state index in [1.807, 2.05) is 0 Å². The van der Waals surface area contributed by atoms with Crippen LogP contribution in [-0.4, -0.2) is 0 Å². The zero-order chi connectivity index (χ0) is 16.6. The molecule has 0 spiro atoms. The highest BCUT2D eigenvalue weighted by molar-refractivity contribution is 5.57. The maximum absolute atomic E-state index is 3.43. The highest BCUT2D eigenvalue weighted by Crippen LogP contribution is 2.22. The topological polar surface area (TPSA) is 0 Å². The second-order valence-electron chi connectivity index (χ2n) is 6.50. The van der Waals surface area contributed by atoms with Gasteiger partial charge >= 0.3 is 0 Å². The van der Waals surface area contributed by atoms with Crippen LogP contribution in [0, 0.1) is 67.2 Å². The lowest BCUT2D eigenvalue weighted by atomic mass is 9.93. The van der Waals surface area contributed by atoms with Gasteiger partial charge in [-0.3, -0.25) is 0 Å². The van der Waals surface area contributed by atoms with Crippen LogP contribution in [0.1, 0.15) is 55.6 Å². The largest absolute Gasteiger partial charge is 0.0613 e. The zero-order valence-corrected chi connectivity index (χ0v) is 15.2. The monoisotopic (exact) mass is 290 g/mol. The molecule has 0 aromatic heterocycles. The van der Waals surface area contributed by atoms with E-state index in [2.05, 4.69) is 79.4 Å². The van der Waals surface area contributed by atoms with Gasteiger partial charge < -0.3 is 0 Å². The highest BCUT2D eigenvalue weighted by atomic mass is 14.1. The number of aryl methyl sites for hydroxylation is 3. The summed E-state index contributed by atoms with van der Waals surface area (Å²) >= 11 is 0. The summed E-state index contributed by atoms with van der Waals surface area (Å²) in [6.07, 6.45) is 0. The van der Waals surface area contributed by atoms with Crippen molar-refractivity contribution in [3.8, 4) is 11.8 Å². The van der Waals surface area contributed by atoms with Gasteiger partial charge in [-0.25, -0.2) is 0 Å². The molecule has 0 fully saturated rings. The molecule has 0 aliphatic carbocycles. The lowest BCUT2D eigenvalue weighted by Gasteiger charge is -2.12. The van der Waals surface area contributed by atoms with Crippen molar-refractivity contribution >= 4 is 0 Å². The first-order valence-corrected chi connectivity index (χ1v) is 7.90. The molecule has 2 rings (SSSR count). The zero-order valence-electron chi connectivity index (χ0n) is 15.2. The van der Waals surface area contributed by atoms with Crippen LogP contribution in [0.5, 0.6) is 0 Å². The first kappa shape index (κ1) is 16.4. The number of benzene rings is 2. The summed E-state index contributed by atoms with van der Waals surface area (Å²) < 4.78 is 0. The first-order chi connectivity index (χ1) is 10.2. The normalized spacial score (nSPS) is 10.4. The van der Waals surface area contributed by atoms with E-state index >= 15 is 0 Å². The molecule has 0 aliphatic heterocycles. The van der Waals surface area contributed by atoms with E-state index in [-0.39, 0.29) is 0 Å². The molecule has 0 saturated heterocycles. The molecule has 0 N–H and O–H groups in total. The summed E-state index contributed by atoms with van der Waals surface area (Å²) in [5.41, 5.74) is 13.0. The number of hydrogen-bond donors (Lipinski definition) is 0. The standard InChI is InChI=1S/C22H26/c1-13-11-15(3)22(20(8)17(13)5)10-9-21-12-14(2)16(4)18(6)19(21)7/h11-12H,1-8H3. The quantitative estimate of drug-likeness (QED) is 0.558. The number of hydrogen-bond acceptors (Lipinski definition) is 0. The second-order valence-corrected chi connectivity index (χ2v) is 6.50. The Morgan fingerprint density at radius 1 is 0.500 bits per heavy atom. The van der Waals surface area contributed by atoms with Crippen LogP contribution in [0.4, 0.5) is 0 Å². The lowest BCUT2D eigenvalue weighted by molar-refractivity contribution is 1.20. The van der Waals surface area contributed by atoms with Crippen LogP contribution in [-0.2, 0) is 0 Å². The molecule has 0 atom stereocenters.